The van der Waals surface area contributed by atoms with E-state index in [9.17, 15) is 9.59 Å². The van der Waals surface area contributed by atoms with Crippen LogP contribution in [0, 0.1) is 6.92 Å². The fourth-order valence-corrected chi connectivity index (χ4v) is 2.44. The molecule has 0 bridgehead atoms. The minimum Gasteiger partial charge on any atom is -0.462 e. The van der Waals surface area contributed by atoms with Gasteiger partial charge in [0.05, 0.1) is 6.61 Å². The van der Waals surface area contributed by atoms with E-state index in [-0.39, 0.29) is 5.97 Å². The summed E-state index contributed by atoms with van der Waals surface area (Å²) in [5, 5.41) is 0. The first-order valence-electron chi connectivity index (χ1n) is 5.49. The van der Waals surface area contributed by atoms with Crippen molar-refractivity contribution in [2.45, 2.75) is 13.8 Å². The number of hydrogen-bond donors (Lipinski definition) is 0. The molecule has 4 nitrogen and oxygen atoms in total. The van der Waals surface area contributed by atoms with Crippen LogP contribution in [0.3, 0.4) is 0 Å². The average Bonchev–Trinajstić information content (AvgIpc) is 2.77. The summed E-state index contributed by atoms with van der Waals surface area (Å²) in [6.07, 6.45) is 0. The van der Waals surface area contributed by atoms with Crippen molar-refractivity contribution in [1.82, 2.24) is 0 Å². The molecular formula is C13H12O4S. The van der Waals surface area contributed by atoms with Gasteiger partial charge in [-0.3, -0.25) is 0 Å². The lowest BCUT2D eigenvalue weighted by molar-refractivity contribution is 0.0532. The van der Waals surface area contributed by atoms with Crippen LogP contribution in [0.25, 0.3) is 10.4 Å². The van der Waals surface area contributed by atoms with Crippen LogP contribution in [0.5, 0.6) is 0 Å². The second kappa shape index (κ2) is 5.18. The second-order valence-corrected chi connectivity index (χ2v) is 4.74. The molecule has 0 atom stereocenters. The van der Waals surface area contributed by atoms with Gasteiger partial charge in [0.25, 0.3) is 0 Å². The summed E-state index contributed by atoms with van der Waals surface area (Å²) < 4.78 is 9.81. The van der Waals surface area contributed by atoms with E-state index in [0.717, 1.165) is 10.4 Å². The number of carbonyl (C=O) groups excluding carboxylic acids is 1. The van der Waals surface area contributed by atoms with Crippen molar-refractivity contribution in [3.63, 3.8) is 0 Å². The number of ether oxygens (including phenoxy) is 1. The third-order valence-corrected chi connectivity index (χ3v) is 3.38. The molecule has 0 fully saturated rings. The van der Waals surface area contributed by atoms with Gasteiger partial charge >= 0.3 is 11.6 Å². The molecule has 0 spiro atoms. The molecule has 2 heterocycles. The highest BCUT2D eigenvalue weighted by molar-refractivity contribution is 7.17. The van der Waals surface area contributed by atoms with Crippen LogP contribution < -0.4 is 5.63 Å². The summed E-state index contributed by atoms with van der Waals surface area (Å²) in [6.45, 7) is 3.82. The Balaban J connectivity index is 2.34. The van der Waals surface area contributed by atoms with Crippen LogP contribution >= 0.6 is 11.3 Å². The molecule has 0 aromatic carbocycles. The number of rotatable bonds is 3. The lowest BCUT2D eigenvalue weighted by atomic mass is 10.2. The first kappa shape index (κ1) is 12.6. The largest absolute Gasteiger partial charge is 0.462 e. The molecule has 2 aromatic heterocycles. The highest BCUT2D eigenvalue weighted by Crippen LogP contribution is 2.28. The molecule has 0 radical (unpaired) electrons. The number of thiophene rings is 1. The highest BCUT2D eigenvalue weighted by atomic mass is 32.1. The summed E-state index contributed by atoms with van der Waals surface area (Å²) in [7, 11) is 0. The molecule has 18 heavy (non-hydrogen) atoms. The van der Waals surface area contributed by atoms with Gasteiger partial charge in [-0.05, 0) is 32.0 Å². The highest BCUT2D eigenvalue weighted by Gasteiger charge is 2.11. The van der Waals surface area contributed by atoms with Gasteiger partial charge in [-0.1, -0.05) is 0 Å². The van der Waals surface area contributed by atoms with E-state index in [0.29, 0.717) is 17.2 Å². The molecule has 0 amide bonds. The number of aryl methyl sites for hydroxylation is 1. The minimum absolute atomic E-state index is 0.339. The monoisotopic (exact) mass is 264 g/mol. The molecule has 0 N–H and O–H groups in total. The maximum atomic E-state index is 11.5. The number of esters is 1. The van der Waals surface area contributed by atoms with Crippen molar-refractivity contribution in [2.24, 2.45) is 0 Å². The van der Waals surface area contributed by atoms with Crippen molar-refractivity contribution in [1.29, 1.82) is 0 Å². The molecule has 5 heteroatoms. The molecule has 2 rings (SSSR count). The zero-order valence-electron chi connectivity index (χ0n) is 10.1. The summed E-state index contributed by atoms with van der Waals surface area (Å²) in [6, 6.07) is 6.67. The van der Waals surface area contributed by atoms with Crippen molar-refractivity contribution >= 4 is 17.3 Å². The third kappa shape index (κ3) is 2.68. The molecule has 0 aliphatic carbocycles. The van der Waals surface area contributed by atoms with E-state index in [1.807, 2.05) is 0 Å². The first-order chi connectivity index (χ1) is 8.60. The maximum Gasteiger partial charge on any atom is 0.348 e. The lowest BCUT2D eigenvalue weighted by Gasteiger charge is -1.98. The summed E-state index contributed by atoms with van der Waals surface area (Å²) in [5.41, 5.74) is 0.361. The van der Waals surface area contributed by atoms with Crippen molar-refractivity contribution in [2.75, 3.05) is 6.61 Å². The standard InChI is InChI=1S/C13H12O4S/c1-3-16-13(15)11-5-4-10(18-11)9-6-8(2)17-12(14)7-9/h4-7H,3H2,1-2H3. The Morgan fingerprint density at radius 3 is 2.83 bits per heavy atom. The van der Waals surface area contributed by atoms with E-state index < -0.39 is 5.63 Å². The van der Waals surface area contributed by atoms with Crippen molar-refractivity contribution in [3.8, 4) is 10.4 Å². The summed E-state index contributed by atoms with van der Waals surface area (Å²) >= 11 is 1.30. The lowest BCUT2D eigenvalue weighted by Crippen LogP contribution is -2.01. The smallest absolute Gasteiger partial charge is 0.348 e. The zero-order chi connectivity index (χ0) is 13.1. The van der Waals surface area contributed by atoms with Gasteiger partial charge in [0, 0.05) is 16.5 Å². The Labute approximate surface area is 108 Å². The fourth-order valence-electron chi connectivity index (χ4n) is 1.55. The van der Waals surface area contributed by atoms with Crippen LogP contribution in [0.4, 0.5) is 0 Å². The Morgan fingerprint density at radius 1 is 1.39 bits per heavy atom. The van der Waals surface area contributed by atoms with E-state index in [2.05, 4.69) is 0 Å². The molecule has 94 valence electrons. The normalized spacial score (nSPS) is 10.3. The predicted octanol–water partition coefficient (Wildman–Crippen LogP) is 2.85. The third-order valence-electron chi connectivity index (χ3n) is 2.26. The van der Waals surface area contributed by atoms with Crippen LogP contribution in [-0.2, 0) is 4.74 Å². The topological polar surface area (TPSA) is 56.5 Å². The van der Waals surface area contributed by atoms with Gasteiger partial charge in [0.1, 0.15) is 10.6 Å². The number of hydrogen-bond acceptors (Lipinski definition) is 5. The van der Waals surface area contributed by atoms with Gasteiger partial charge in [0.15, 0.2) is 0 Å². The van der Waals surface area contributed by atoms with Crippen LogP contribution in [0.15, 0.2) is 33.5 Å². The number of carbonyl (C=O) groups is 1. The van der Waals surface area contributed by atoms with Crippen LogP contribution in [-0.4, -0.2) is 12.6 Å². The van der Waals surface area contributed by atoms with E-state index in [1.165, 1.54) is 17.4 Å². The zero-order valence-corrected chi connectivity index (χ0v) is 10.9. The first-order valence-corrected chi connectivity index (χ1v) is 6.31. The minimum atomic E-state index is -0.393. The maximum absolute atomic E-state index is 11.5. The predicted molar refractivity (Wildman–Crippen MR) is 69.0 cm³/mol. The molecule has 0 aliphatic rings. The Bertz CT molecular complexity index is 624. The van der Waals surface area contributed by atoms with Gasteiger partial charge in [-0.25, -0.2) is 9.59 Å². The molecule has 0 aliphatic heterocycles. The van der Waals surface area contributed by atoms with E-state index in [1.54, 1.807) is 32.0 Å². The molecule has 0 saturated heterocycles. The fraction of sp³-hybridized carbons (Fsp3) is 0.231. The Morgan fingerprint density at radius 2 is 2.17 bits per heavy atom. The molecule has 0 saturated carbocycles. The van der Waals surface area contributed by atoms with Crippen molar-refractivity contribution < 1.29 is 13.9 Å². The Kier molecular flexibility index (Phi) is 3.62. The molecular weight excluding hydrogens is 252 g/mol. The van der Waals surface area contributed by atoms with Crippen molar-refractivity contribution in [3.05, 3.63) is 45.3 Å². The van der Waals surface area contributed by atoms with Gasteiger partial charge in [-0.2, -0.15) is 0 Å². The van der Waals surface area contributed by atoms with Gasteiger partial charge in [-0.15, -0.1) is 11.3 Å². The van der Waals surface area contributed by atoms with Crippen LogP contribution in [0.1, 0.15) is 22.4 Å². The second-order valence-electron chi connectivity index (χ2n) is 3.66. The van der Waals surface area contributed by atoms with Gasteiger partial charge < -0.3 is 9.15 Å². The Hall–Kier alpha value is -1.88. The molecule has 0 unspecified atom stereocenters. The average molecular weight is 264 g/mol. The van der Waals surface area contributed by atoms with Gasteiger partial charge in [0.2, 0.25) is 0 Å². The summed E-state index contributed by atoms with van der Waals surface area (Å²) in [4.78, 5) is 24.2. The summed E-state index contributed by atoms with van der Waals surface area (Å²) in [5.74, 6) is 0.206. The SMILES string of the molecule is CCOC(=O)c1ccc(-c2cc(C)oc(=O)c2)s1. The molecule has 2 aromatic rings. The van der Waals surface area contributed by atoms with Crippen LogP contribution in [0.2, 0.25) is 0 Å². The van der Waals surface area contributed by atoms with E-state index in [4.69, 9.17) is 9.15 Å². The quantitative estimate of drug-likeness (QED) is 0.800. The van der Waals surface area contributed by atoms with E-state index >= 15 is 0 Å².